The second-order valence-corrected chi connectivity index (χ2v) is 10.9. The number of hydrogen-bond acceptors (Lipinski definition) is 5. The molecule has 2 aliphatic rings. The summed E-state index contributed by atoms with van der Waals surface area (Å²) in [6, 6.07) is 8.66. The summed E-state index contributed by atoms with van der Waals surface area (Å²) >= 11 is 13.5. The van der Waals surface area contributed by atoms with Crippen LogP contribution in [0.3, 0.4) is 0 Å². The Morgan fingerprint density at radius 2 is 1.89 bits per heavy atom. The Morgan fingerprint density at radius 3 is 2.46 bits per heavy atom. The molecule has 1 N–H and O–H groups in total. The number of hydrogen-bond donors (Lipinski definition) is 1. The highest BCUT2D eigenvalue weighted by molar-refractivity contribution is 8.14. The number of benzene rings is 2. The number of alkyl halides is 3. The summed E-state index contributed by atoms with van der Waals surface area (Å²) < 4.78 is 42.6. The second kappa shape index (κ2) is 9.67. The number of halogens is 5. The van der Waals surface area contributed by atoms with Crippen LogP contribution in [-0.4, -0.2) is 40.7 Å². The van der Waals surface area contributed by atoms with Crippen molar-refractivity contribution in [3.8, 4) is 0 Å². The maximum atomic E-state index is 14.2. The first kappa shape index (κ1) is 25.9. The fraction of sp³-hybridized carbons (Fsp3) is 0.375. The van der Waals surface area contributed by atoms with Gasteiger partial charge in [-0.15, -0.1) is 11.8 Å². The highest BCUT2D eigenvalue weighted by Gasteiger charge is 2.62. The molecular formula is C24H22Cl2F3N3O2S. The number of aliphatic imine (C=N–C) groups is 1. The van der Waals surface area contributed by atoms with E-state index >= 15 is 0 Å². The molecule has 2 aromatic carbocycles. The van der Waals surface area contributed by atoms with Gasteiger partial charge in [-0.2, -0.15) is 13.2 Å². The summed E-state index contributed by atoms with van der Waals surface area (Å²) in [5.41, 5.74) is -1.40. The summed E-state index contributed by atoms with van der Waals surface area (Å²) in [5, 5.41) is 7.99. The molecule has 186 valence electrons. The van der Waals surface area contributed by atoms with Gasteiger partial charge in [0.15, 0.2) is 0 Å². The number of nitrogens with zero attached hydrogens (tertiary/aromatic N) is 2. The molecule has 5 nitrogen and oxygen atoms in total. The van der Waals surface area contributed by atoms with Crippen molar-refractivity contribution in [2.75, 3.05) is 6.54 Å². The third-order valence-electron chi connectivity index (χ3n) is 6.07. The van der Waals surface area contributed by atoms with Crippen molar-refractivity contribution < 1.29 is 22.8 Å². The Morgan fingerprint density at radius 1 is 1.20 bits per heavy atom. The van der Waals surface area contributed by atoms with Crippen molar-refractivity contribution in [3.63, 3.8) is 0 Å². The quantitative estimate of drug-likeness (QED) is 0.465. The number of nitrogens with one attached hydrogen (secondary N) is 1. The molecule has 0 fully saturated rings. The normalized spacial score (nSPS) is 24.1. The smallest absolute Gasteiger partial charge is 0.374 e. The van der Waals surface area contributed by atoms with Gasteiger partial charge in [-0.05, 0) is 55.3 Å². The number of thioether (sulfide) groups is 1. The number of carbonyl (C=O) groups excluding carboxylic acids is 1. The Hall–Kier alpha value is -2.23. The summed E-state index contributed by atoms with van der Waals surface area (Å²) in [6.07, 6.45) is -5.34. The standard InChI is InChI=1S/C24H22Cl2F3N3O2S/c1-12-6-15(4-5-19(12)22(33)30-11-21-31-13(2)14(3)35-21)20-10-23(34-32-20,24(27,28)29)16-7-17(25)9-18(26)8-16/h4-9,13-14H,10-11H2,1-3H3,(H,30,33). The van der Waals surface area contributed by atoms with E-state index in [1.54, 1.807) is 36.9 Å². The van der Waals surface area contributed by atoms with E-state index in [0.717, 1.165) is 5.04 Å². The maximum Gasteiger partial charge on any atom is 0.435 e. The molecule has 0 saturated heterocycles. The molecule has 3 atom stereocenters. The van der Waals surface area contributed by atoms with Gasteiger partial charge in [0.2, 0.25) is 0 Å². The zero-order chi connectivity index (χ0) is 25.5. The van der Waals surface area contributed by atoms with E-state index in [4.69, 9.17) is 28.0 Å². The SMILES string of the molecule is Cc1cc(C2=NOC(c3cc(Cl)cc(Cl)c3)(C(F)(F)F)C2)ccc1C(=O)NCC1=NC(C)C(C)S1. The minimum Gasteiger partial charge on any atom is -0.374 e. The van der Waals surface area contributed by atoms with Crippen molar-refractivity contribution in [2.24, 2.45) is 10.1 Å². The van der Waals surface area contributed by atoms with Crippen LogP contribution in [0.25, 0.3) is 0 Å². The van der Waals surface area contributed by atoms with Gasteiger partial charge < -0.3 is 10.2 Å². The van der Waals surface area contributed by atoms with Crippen LogP contribution in [0.1, 0.15) is 47.3 Å². The van der Waals surface area contributed by atoms with E-state index in [2.05, 4.69) is 22.4 Å². The van der Waals surface area contributed by atoms with E-state index < -0.39 is 18.2 Å². The first-order chi connectivity index (χ1) is 16.4. The van der Waals surface area contributed by atoms with Crippen molar-refractivity contribution in [1.82, 2.24) is 5.32 Å². The molecule has 0 spiro atoms. The van der Waals surface area contributed by atoms with E-state index in [1.807, 2.05) is 6.92 Å². The molecular weight excluding hydrogens is 522 g/mol. The fourth-order valence-corrected chi connectivity index (χ4v) is 5.55. The molecule has 2 heterocycles. The molecule has 3 unspecified atom stereocenters. The van der Waals surface area contributed by atoms with Crippen LogP contribution in [-0.2, 0) is 10.4 Å². The van der Waals surface area contributed by atoms with Gasteiger partial charge in [-0.25, -0.2) is 0 Å². The van der Waals surface area contributed by atoms with Gasteiger partial charge in [0, 0.05) is 32.8 Å². The molecule has 1 amide bonds. The van der Waals surface area contributed by atoms with E-state index in [9.17, 15) is 18.0 Å². The van der Waals surface area contributed by atoms with Gasteiger partial charge in [0.05, 0.1) is 23.3 Å². The molecule has 0 bridgehead atoms. The van der Waals surface area contributed by atoms with Crippen LogP contribution < -0.4 is 5.32 Å². The molecule has 0 aliphatic carbocycles. The number of rotatable bonds is 5. The second-order valence-electron chi connectivity index (χ2n) is 8.59. The number of carbonyl (C=O) groups is 1. The van der Waals surface area contributed by atoms with Crippen molar-refractivity contribution >= 4 is 51.6 Å². The van der Waals surface area contributed by atoms with Gasteiger partial charge in [0.25, 0.3) is 11.5 Å². The predicted molar refractivity (Wildman–Crippen MR) is 134 cm³/mol. The first-order valence-electron chi connectivity index (χ1n) is 10.8. The lowest BCUT2D eigenvalue weighted by Crippen LogP contribution is -2.42. The Bertz CT molecular complexity index is 1210. The minimum absolute atomic E-state index is 0.0604. The van der Waals surface area contributed by atoms with Crippen LogP contribution in [0.15, 0.2) is 46.5 Å². The molecule has 0 aromatic heterocycles. The molecule has 2 aromatic rings. The lowest BCUT2D eigenvalue weighted by molar-refractivity contribution is -0.275. The Balaban J connectivity index is 1.52. The average molecular weight is 544 g/mol. The first-order valence-corrected chi connectivity index (χ1v) is 12.4. The lowest BCUT2D eigenvalue weighted by atomic mass is 9.86. The zero-order valence-corrected chi connectivity index (χ0v) is 21.4. The molecule has 11 heteroatoms. The van der Waals surface area contributed by atoms with Crippen molar-refractivity contribution in [2.45, 2.75) is 50.3 Å². The molecule has 2 aliphatic heterocycles. The largest absolute Gasteiger partial charge is 0.435 e. The molecule has 35 heavy (non-hydrogen) atoms. The Kier molecular flexibility index (Phi) is 7.14. The highest BCUT2D eigenvalue weighted by atomic mass is 35.5. The van der Waals surface area contributed by atoms with E-state index in [0.29, 0.717) is 28.5 Å². The van der Waals surface area contributed by atoms with Crippen LogP contribution in [0.2, 0.25) is 10.0 Å². The van der Waals surface area contributed by atoms with Gasteiger partial charge >= 0.3 is 6.18 Å². The Labute approximate surface area is 215 Å². The minimum atomic E-state index is -4.78. The third kappa shape index (κ3) is 5.17. The maximum absolute atomic E-state index is 14.2. The monoisotopic (exact) mass is 543 g/mol. The summed E-state index contributed by atoms with van der Waals surface area (Å²) in [4.78, 5) is 22.3. The zero-order valence-electron chi connectivity index (χ0n) is 19.0. The van der Waals surface area contributed by atoms with Crippen LogP contribution >= 0.6 is 35.0 Å². The van der Waals surface area contributed by atoms with Crippen molar-refractivity contribution in [3.05, 3.63) is 68.7 Å². The third-order valence-corrected chi connectivity index (χ3v) is 7.79. The summed E-state index contributed by atoms with van der Waals surface area (Å²) in [6.45, 7) is 6.16. The van der Waals surface area contributed by atoms with Gasteiger partial charge in [-0.1, -0.05) is 41.3 Å². The lowest BCUT2D eigenvalue weighted by Gasteiger charge is -2.29. The molecule has 4 rings (SSSR count). The van der Waals surface area contributed by atoms with E-state index in [1.165, 1.54) is 18.2 Å². The molecule has 0 saturated carbocycles. The number of amides is 1. The van der Waals surface area contributed by atoms with Crippen LogP contribution in [0.4, 0.5) is 13.2 Å². The number of aryl methyl sites for hydroxylation is 1. The topological polar surface area (TPSA) is 63.0 Å². The van der Waals surface area contributed by atoms with E-state index in [-0.39, 0.29) is 33.3 Å². The molecule has 0 radical (unpaired) electrons. The fourth-order valence-electron chi connectivity index (χ4n) is 3.96. The average Bonchev–Trinajstić information content (AvgIpc) is 3.36. The van der Waals surface area contributed by atoms with Gasteiger partial charge in [-0.3, -0.25) is 9.79 Å². The highest BCUT2D eigenvalue weighted by Crippen LogP contribution is 2.49. The van der Waals surface area contributed by atoms with Crippen LogP contribution in [0, 0.1) is 6.92 Å². The van der Waals surface area contributed by atoms with Crippen LogP contribution in [0.5, 0.6) is 0 Å². The van der Waals surface area contributed by atoms with Crippen molar-refractivity contribution in [1.29, 1.82) is 0 Å². The van der Waals surface area contributed by atoms with Gasteiger partial charge in [0.1, 0.15) is 0 Å². The predicted octanol–water partition coefficient (Wildman–Crippen LogP) is 6.54. The number of oxime groups is 1. The summed E-state index contributed by atoms with van der Waals surface area (Å²) in [5.74, 6) is -0.285. The summed E-state index contributed by atoms with van der Waals surface area (Å²) in [7, 11) is 0.